The Morgan fingerprint density at radius 1 is 1.00 bits per heavy atom. The van der Waals surface area contributed by atoms with E-state index in [0.29, 0.717) is 24.2 Å². The van der Waals surface area contributed by atoms with Crippen molar-refractivity contribution < 1.29 is 19.8 Å². The summed E-state index contributed by atoms with van der Waals surface area (Å²) in [7, 11) is 0. The minimum atomic E-state index is -0.870. The van der Waals surface area contributed by atoms with Crippen molar-refractivity contribution in [3.8, 4) is 0 Å². The Morgan fingerprint density at radius 2 is 1.45 bits per heavy atom. The molecule has 6 heteroatoms. The zero-order chi connectivity index (χ0) is 15.7. The van der Waals surface area contributed by atoms with Crippen LogP contribution < -0.4 is 11.5 Å². The highest BCUT2D eigenvalue weighted by Gasteiger charge is 1.99. The number of nitrogens with two attached hydrogens (primary N) is 2. The fourth-order valence-electron chi connectivity index (χ4n) is 1.41. The van der Waals surface area contributed by atoms with Gasteiger partial charge in [-0.05, 0) is 43.9 Å². The maximum absolute atomic E-state index is 9.90. The molecule has 0 unspecified atom stereocenters. The Bertz CT molecular complexity index is 429. The van der Waals surface area contributed by atoms with Gasteiger partial charge in [-0.1, -0.05) is 6.07 Å². The lowest BCUT2D eigenvalue weighted by molar-refractivity contribution is -0.139. The van der Waals surface area contributed by atoms with E-state index >= 15 is 0 Å². The van der Waals surface area contributed by atoms with E-state index in [2.05, 4.69) is 0 Å². The molecule has 6 N–H and O–H groups in total. The molecule has 1 aromatic carbocycles. The SMILES string of the molecule is Cc1ccc(N)c(N)c1C.O=C(O)CCCCC(=O)O. The lowest BCUT2D eigenvalue weighted by atomic mass is 10.1. The van der Waals surface area contributed by atoms with Crippen LogP contribution in [0.1, 0.15) is 36.8 Å². The number of anilines is 2. The number of aliphatic carboxylic acids is 2. The number of nitrogen functional groups attached to an aromatic ring is 2. The van der Waals surface area contributed by atoms with Crippen molar-refractivity contribution in [2.45, 2.75) is 39.5 Å². The van der Waals surface area contributed by atoms with E-state index < -0.39 is 11.9 Å². The molecule has 0 amide bonds. The Kier molecular flexibility index (Phi) is 7.81. The van der Waals surface area contributed by atoms with Gasteiger partial charge in [-0.25, -0.2) is 0 Å². The number of unbranched alkanes of at least 4 members (excludes halogenated alkanes) is 1. The molecule has 1 rings (SSSR count). The average Bonchev–Trinajstić information content (AvgIpc) is 2.37. The zero-order valence-corrected chi connectivity index (χ0v) is 11.8. The average molecular weight is 282 g/mol. The number of carboxylic acid groups (broad SMARTS) is 2. The Labute approximate surface area is 118 Å². The summed E-state index contributed by atoms with van der Waals surface area (Å²) < 4.78 is 0. The molecule has 0 aliphatic carbocycles. The molecule has 0 spiro atoms. The highest BCUT2D eigenvalue weighted by molar-refractivity contribution is 5.68. The third-order valence-corrected chi connectivity index (χ3v) is 2.85. The van der Waals surface area contributed by atoms with Gasteiger partial charge in [0.15, 0.2) is 0 Å². The summed E-state index contributed by atoms with van der Waals surface area (Å²) in [6.07, 6.45) is 1.02. The van der Waals surface area contributed by atoms with Crippen molar-refractivity contribution >= 4 is 23.3 Å². The van der Waals surface area contributed by atoms with E-state index in [1.807, 2.05) is 26.0 Å². The van der Waals surface area contributed by atoms with E-state index in [0.717, 1.165) is 5.56 Å². The number of carboxylic acids is 2. The quantitative estimate of drug-likeness (QED) is 0.484. The molecule has 0 aromatic heterocycles. The smallest absolute Gasteiger partial charge is 0.303 e. The normalized spacial score (nSPS) is 9.50. The first-order valence-electron chi connectivity index (χ1n) is 6.30. The maximum Gasteiger partial charge on any atom is 0.303 e. The second-order valence-corrected chi connectivity index (χ2v) is 4.50. The molecule has 0 saturated heterocycles. The molecule has 0 saturated carbocycles. The summed E-state index contributed by atoms with van der Waals surface area (Å²) in [5, 5.41) is 16.3. The van der Waals surface area contributed by atoms with E-state index in [4.69, 9.17) is 21.7 Å². The molecule has 0 aliphatic rings. The second kappa shape index (κ2) is 8.79. The van der Waals surface area contributed by atoms with E-state index in [1.54, 1.807) is 0 Å². The first kappa shape index (κ1) is 17.8. The van der Waals surface area contributed by atoms with Crippen molar-refractivity contribution in [2.24, 2.45) is 0 Å². The first-order chi connectivity index (χ1) is 9.25. The van der Waals surface area contributed by atoms with Crippen molar-refractivity contribution in [3.05, 3.63) is 23.3 Å². The summed E-state index contributed by atoms with van der Waals surface area (Å²) in [4.78, 5) is 19.8. The molecule has 6 nitrogen and oxygen atoms in total. The van der Waals surface area contributed by atoms with Crippen molar-refractivity contribution in [1.29, 1.82) is 0 Å². The van der Waals surface area contributed by atoms with Crippen LogP contribution in [0.2, 0.25) is 0 Å². The van der Waals surface area contributed by atoms with Gasteiger partial charge in [0.25, 0.3) is 0 Å². The summed E-state index contributed by atoms with van der Waals surface area (Å²) in [6.45, 7) is 3.99. The minimum absolute atomic E-state index is 0.0628. The fraction of sp³-hybridized carbons (Fsp3) is 0.429. The molecule has 0 heterocycles. The van der Waals surface area contributed by atoms with Crippen LogP contribution in [-0.4, -0.2) is 22.2 Å². The predicted octanol–water partition coefficient (Wildman–Crippen LogP) is 2.18. The topological polar surface area (TPSA) is 127 Å². The molecule has 20 heavy (non-hydrogen) atoms. The molecular weight excluding hydrogens is 260 g/mol. The van der Waals surface area contributed by atoms with E-state index in [1.165, 1.54) is 5.56 Å². The van der Waals surface area contributed by atoms with Gasteiger partial charge in [-0.3, -0.25) is 9.59 Å². The molecule has 0 fully saturated rings. The summed E-state index contributed by atoms with van der Waals surface area (Å²) in [5.41, 5.74) is 14.9. The fourth-order valence-corrected chi connectivity index (χ4v) is 1.41. The summed E-state index contributed by atoms with van der Waals surface area (Å²) in [6, 6.07) is 3.80. The molecule has 0 aliphatic heterocycles. The van der Waals surface area contributed by atoms with Crippen LogP contribution in [0, 0.1) is 13.8 Å². The van der Waals surface area contributed by atoms with Crippen molar-refractivity contribution in [2.75, 3.05) is 11.5 Å². The van der Waals surface area contributed by atoms with Crippen LogP contribution >= 0.6 is 0 Å². The standard InChI is InChI=1S/C8H12N2.C6H10O4/c1-5-3-4-7(9)8(10)6(5)2;7-5(8)3-1-2-4-6(9)10/h3-4H,9-10H2,1-2H3;1-4H2,(H,7,8)(H,9,10). The van der Waals surface area contributed by atoms with Gasteiger partial charge in [0.1, 0.15) is 0 Å². The van der Waals surface area contributed by atoms with Crippen LogP contribution in [0.15, 0.2) is 12.1 Å². The Balaban J connectivity index is 0.000000361. The van der Waals surface area contributed by atoms with Gasteiger partial charge in [-0.2, -0.15) is 0 Å². The third-order valence-electron chi connectivity index (χ3n) is 2.85. The lowest BCUT2D eigenvalue weighted by Crippen LogP contribution is -1.98. The maximum atomic E-state index is 9.90. The molecule has 1 aromatic rings. The highest BCUT2D eigenvalue weighted by atomic mass is 16.4. The van der Waals surface area contributed by atoms with Crippen LogP contribution in [0.25, 0.3) is 0 Å². The van der Waals surface area contributed by atoms with Crippen LogP contribution in [0.5, 0.6) is 0 Å². The molecule has 0 atom stereocenters. The van der Waals surface area contributed by atoms with Gasteiger partial charge in [0, 0.05) is 12.8 Å². The largest absolute Gasteiger partial charge is 0.481 e. The van der Waals surface area contributed by atoms with Gasteiger partial charge in [0.05, 0.1) is 11.4 Å². The number of hydrogen-bond acceptors (Lipinski definition) is 4. The first-order valence-corrected chi connectivity index (χ1v) is 6.30. The monoisotopic (exact) mass is 282 g/mol. The van der Waals surface area contributed by atoms with Gasteiger partial charge >= 0.3 is 11.9 Å². The Hall–Kier alpha value is -2.24. The van der Waals surface area contributed by atoms with Crippen LogP contribution in [0.4, 0.5) is 11.4 Å². The highest BCUT2D eigenvalue weighted by Crippen LogP contribution is 2.21. The molecule has 0 radical (unpaired) electrons. The number of rotatable bonds is 5. The number of hydrogen-bond donors (Lipinski definition) is 4. The number of benzene rings is 1. The number of carbonyl (C=O) groups is 2. The second-order valence-electron chi connectivity index (χ2n) is 4.50. The van der Waals surface area contributed by atoms with Crippen molar-refractivity contribution in [1.82, 2.24) is 0 Å². The van der Waals surface area contributed by atoms with Gasteiger partial charge < -0.3 is 21.7 Å². The lowest BCUT2D eigenvalue weighted by Gasteiger charge is -2.05. The van der Waals surface area contributed by atoms with E-state index in [9.17, 15) is 9.59 Å². The Morgan fingerprint density at radius 3 is 1.80 bits per heavy atom. The van der Waals surface area contributed by atoms with Crippen LogP contribution in [0.3, 0.4) is 0 Å². The van der Waals surface area contributed by atoms with Gasteiger partial charge in [-0.15, -0.1) is 0 Å². The third kappa shape index (κ3) is 7.25. The molecule has 112 valence electrons. The minimum Gasteiger partial charge on any atom is -0.481 e. The molecule has 0 bridgehead atoms. The van der Waals surface area contributed by atoms with E-state index in [-0.39, 0.29) is 12.8 Å². The molecular formula is C14H22N2O4. The van der Waals surface area contributed by atoms with Gasteiger partial charge in [0.2, 0.25) is 0 Å². The summed E-state index contributed by atoms with van der Waals surface area (Å²) >= 11 is 0. The predicted molar refractivity (Wildman–Crippen MR) is 78.5 cm³/mol. The number of aryl methyl sites for hydroxylation is 1. The van der Waals surface area contributed by atoms with Crippen LogP contribution in [-0.2, 0) is 9.59 Å². The summed E-state index contributed by atoms with van der Waals surface area (Å²) in [5.74, 6) is -1.74. The van der Waals surface area contributed by atoms with Crippen molar-refractivity contribution in [3.63, 3.8) is 0 Å². The zero-order valence-electron chi connectivity index (χ0n) is 11.8.